The van der Waals surface area contributed by atoms with Crippen LogP contribution < -0.4 is 0 Å². The molecule has 0 spiro atoms. The maximum Gasteiger partial charge on any atom is 0.254 e. The predicted molar refractivity (Wildman–Crippen MR) is 72.9 cm³/mol. The molecule has 100 valence electrons. The van der Waals surface area contributed by atoms with Gasteiger partial charge in [0.25, 0.3) is 5.91 Å². The maximum absolute atomic E-state index is 12.4. The number of fused-ring (bicyclic) bond motifs is 1. The van der Waals surface area contributed by atoms with Gasteiger partial charge in [-0.15, -0.1) is 0 Å². The van der Waals surface area contributed by atoms with Crippen molar-refractivity contribution in [2.75, 3.05) is 24.6 Å². The van der Waals surface area contributed by atoms with Crippen molar-refractivity contribution in [3.05, 3.63) is 36.0 Å². The molecule has 5 nitrogen and oxygen atoms in total. The average molecular weight is 278 g/mol. The first-order valence-electron chi connectivity index (χ1n) is 6.13. The molecule has 0 atom stereocenters. The summed E-state index contributed by atoms with van der Waals surface area (Å²) in [4.78, 5) is 17.1. The average Bonchev–Trinajstić information content (AvgIpc) is 2.86. The molecule has 1 amide bonds. The molecule has 1 aliphatic heterocycles. The van der Waals surface area contributed by atoms with E-state index in [2.05, 4.69) is 4.98 Å². The number of rotatable bonds is 1. The Bertz CT molecular complexity index is 719. The Labute approximate surface area is 111 Å². The van der Waals surface area contributed by atoms with Crippen LogP contribution in [0.15, 0.2) is 30.5 Å². The number of amides is 1. The summed E-state index contributed by atoms with van der Waals surface area (Å²) < 4.78 is 22.8. The minimum Gasteiger partial charge on any atom is -0.361 e. The van der Waals surface area contributed by atoms with Gasteiger partial charge in [0.2, 0.25) is 0 Å². The lowest BCUT2D eigenvalue weighted by Crippen LogP contribution is -2.43. The largest absolute Gasteiger partial charge is 0.361 e. The van der Waals surface area contributed by atoms with Crippen LogP contribution in [0.5, 0.6) is 0 Å². The third-order valence-corrected chi connectivity index (χ3v) is 5.07. The molecule has 0 saturated carbocycles. The van der Waals surface area contributed by atoms with Crippen LogP contribution in [0.3, 0.4) is 0 Å². The molecule has 2 heterocycles. The number of nitrogens with zero attached hydrogens (tertiary/aromatic N) is 1. The number of H-pyrrole nitrogens is 1. The van der Waals surface area contributed by atoms with E-state index in [9.17, 15) is 13.2 Å². The number of aromatic nitrogens is 1. The van der Waals surface area contributed by atoms with Gasteiger partial charge in [-0.1, -0.05) is 6.07 Å². The minimum absolute atomic E-state index is 0.0574. The van der Waals surface area contributed by atoms with Crippen LogP contribution >= 0.6 is 0 Å². The predicted octanol–water partition coefficient (Wildman–Crippen LogP) is 1.04. The van der Waals surface area contributed by atoms with Crippen molar-refractivity contribution in [2.24, 2.45) is 0 Å². The molecular formula is C13H14N2O3S. The number of hydrogen-bond acceptors (Lipinski definition) is 3. The van der Waals surface area contributed by atoms with Crippen molar-refractivity contribution >= 4 is 26.6 Å². The summed E-state index contributed by atoms with van der Waals surface area (Å²) >= 11 is 0. The van der Waals surface area contributed by atoms with Crippen LogP contribution in [0.4, 0.5) is 0 Å². The van der Waals surface area contributed by atoms with Gasteiger partial charge in [-0.05, 0) is 18.2 Å². The summed E-state index contributed by atoms with van der Waals surface area (Å²) in [6, 6.07) is 7.38. The lowest BCUT2D eigenvalue weighted by molar-refractivity contribution is 0.0772. The van der Waals surface area contributed by atoms with Crippen molar-refractivity contribution in [2.45, 2.75) is 0 Å². The molecule has 0 bridgehead atoms. The monoisotopic (exact) mass is 278 g/mol. The summed E-state index contributed by atoms with van der Waals surface area (Å²) in [5.74, 6) is 0.0177. The Kier molecular flexibility index (Phi) is 2.82. The summed E-state index contributed by atoms with van der Waals surface area (Å²) in [5.41, 5.74) is 1.54. The Hall–Kier alpha value is -1.82. The van der Waals surface area contributed by atoms with Crippen LogP contribution in [0.1, 0.15) is 10.4 Å². The molecule has 1 aliphatic rings. The van der Waals surface area contributed by atoms with E-state index in [-0.39, 0.29) is 30.5 Å². The van der Waals surface area contributed by atoms with Crippen LogP contribution in [0, 0.1) is 0 Å². The number of carbonyl (C=O) groups is 1. The lowest BCUT2D eigenvalue weighted by atomic mass is 10.1. The van der Waals surface area contributed by atoms with E-state index < -0.39 is 9.84 Å². The zero-order chi connectivity index (χ0) is 13.5. The molecular weight excluding hydrogens is 264 g/mol. The Morgan fingerprint density at radius 3 is 2.63 bits per heavy atom. The van der Waals surface area contributed by atoms with Crippen LogP contribution in [-0.4, -0.2) is 48.8 Å². The molecule has 0 radical (unpaired) electrons. The number of sulfone groups is 1. The van der Waals surface area contributed by atoms with E-state index in [1.54, 1.807) is 17.2 Å². The van der Waals surface area contributed by atoms with Gasteiger partial charge in [0.15, 0.2) is 9.84 Å². The molecule has 3 rings (SSSR count). The molecule has 1 aromatic carbocycles. The van der Waals surface area contributed by atoms with E-state index in [1.165, 1.54) is 0 Å². The van der Waals surface area contributed by atoms with E-state index in [1.807, 2.05) is 18.2 Å². The van der Waals surface area contributed by atoms with Crippen LogP contribution in [-0.2, 0) is 9.84 Å². The van der Waals surface area contributed by atoms with Crippen molar-refractivity contribution in [3.63, 3.8) is 0 Å². The summed E-state index contributed by atoms with van der Waals surface area (Å²) in [6.07, 6.45) is 1.79. The van der Waals surface area contributed by atoms with Gasteiger partial charge in [0.05, 0.1) is 11.5 Å². The Balaban J connectivity index is 1.90. The molecule has 6 heteroatoms. The number of hydrogen-bond donors (Lipinski definition) is 1. The number of nitrogens with one attached hydrogen (secondary N) is 1. The third-order valence-electron chi connectivity index (χ3n) is 3.46. The highest BCUT2D eigenvalue weighted by atomic mass is 32.2. The number of benzene rings is 1. The fourth-order valence-corrected chi connectivity index (χ4v) is 3.56. The van der Waals surface area contributed by atoms with Crippen molar-refractivity contribution in [1.29, 1.82) is 0 Å². The van der Waals surface area contributed by atoms with Gasteiger partial charge in [-0.3, -0.25) is 4.79 Å². The quantitative estimate of drug-likeness (QED) is 0.847. The zero-order valence-electron chi connectivity index (χ0n) is 10.3. The molecule has 0 unspecified atom stereocenters. The highest BCUT2D eigenvalue weighted by molar-refractivity contribution is 7.91. The van der Waals surface area contributed by atoms with Gasteiger partial charge in [-0.2, -0.15) is 0 Å². The van der Waals surface area contributed by atoms with Gasteiger partial charge < -0.3 is 9.88 Å². The third kappa shape index (κ3) is 2.23. The van der Waals surface area contributed by atoms with Gasteiger partial charge in [0, 0.05) is 35.8 Å². The second-order valence-electron chi connectivity index (χ2n) is 4.69. The van der Waals surface area contributed by atoms with Crippen molar-refractivity contribution in [1.82, 2.24) is 9.88 Å². The molecule has 0 aliphatic carbocycles. The summed E-state index contributed by atoms with van der Waals surface area (Å²) in [5, 5.41) is 0.876. The molecule has 1 saturated heterocycles. The smallest absolute Gasteiger partial charge is 0.254 e. The fourth-order valence-electron chi connectivity index (χ4n) is 2.36. The fraction of sp³-hybridized carbons (Fsp3) is 0.308. The molecule has 1 aromatic heterocycles. The van der Waals surface area contributed by atoms with Gasteiger partial charge in [0.1, 0.15) is 0 Å². The summed E-state index contributed by atoms with van der Waals surface area (Å²) in [7, 11) is -2.96. The zero-order valence-corrected chi connectivity index (χ0v) is 11.1. The minimum atomic E-state index is -2.96. The van der Waals surface area contributed by atoms with E-state index in [0.29, 0.717) is 5.56 Å². The molecule has 19 heavy (non-hydrogen) atoms. The lowest BCUT2D eigenvalue weighted by Gasteiger charge is -2.27. The highest BCUT2D eigenvalue weighted by Crippen LogP contribution is 2.20. The van der Waals surface area contributed by atoms with E-state index in [4.69, 9.17) is 0 Å². The normalized spacial score (nSPS) is 18.6. The molecule has 1 N–H and O–H groups in total. The van der Waals surface area contributed by atoms with Crippen LogP contribution in [0.25, 0.3) is 10.9 Å². The van der Waals surface area contributed by atoms with Gasteiger partial charge >= 0.3 is 0 Å². The maximum atomic E-state index is 12.4. The summed E-state index contributed by atoms with van der Waals surface area (Å²) in [6.45, 7) is 0.559. The van der Waals surface area contributed by atoms with Crippen molar-refractivity contribution in [3.8, 4) is 0 Å². The van der Waals surface area contributed by atoms with E-state index >= 15 is 0 Å². The highest BCUT2D eigenvalue weighted by Gasteiger charge is 2.26. The second kappa shape index (κ2) is 4.38. The first-order valence-corrected chi connectivity index (χ1v) is 7.95. The number of aromatic amines is 1. The number of carbonyl (C=O) groups excluding carboxylic acids is 1. The van der Waals surface area contributed by atoms with Gasteiger partial charge in [-0.25, -0.2) is 8.42 Å². The Morgan fingerprint density at radius 1 is 1.16 bits per heavy atom. The molecule has 2 aromatic rings. The van der Waals surface area contributed by atoms with Crippen molar-refractivity contribution < 1.29 is 13.2 Å². The first kappa shape index (κ1) is 12.2. The first-order chi connectivity index (χ1) is 9.07. The van der Waals surface area contributed by atoms with E-state index in [0.717, 1.165) is 10.9 Å². The molecule has 1 fully saturated rings. The topological polar surface area (TPSA) is 70.2 Å². The Morgan fingerprint density at radius 2 is 1.89 bits per heavy atom. The standard InChI is InChI=1S/C13H14N2O3S/c16-13(15-6-8-19(17,18)9-7-15)11-2-1-3-12-10(11)4-5-14-12/h1-5,14H,6-9H2. The van der Waals surface area contributed by atoms with Crippen LogP contribution in [0.2, 0.25) is 0 Å². The SMILES string of the molecule is O=C(c1cccc2[nH]ccc12)N1CCS(=O)(=O)CC1. The second-order valence-corrected chi connectivity index (χ2v) is 6.99.